The number of aliphatic hydroxyl groups excluding tert-OH is 1. The minimum Gasteiger partial charge on any atom is -0.394 e. The van der Waals surface area contributed by atoms with Crippen LogP contribution in [-0.2, 0) is 14.2 Å². The molecule has 0 amide bonds. The second-order valence-corrected chi connectivity index (χ2v) is 6.48. The minimum atomic E-state index is -0.776. The standard InChI is InChI=1S/C14H16ClN3O5/c1-14(2)22-9-7(5-19)21-12(10(9)23-14)18-4-3-6-8(18)11(20)17-13(15)16-6/h3-4,7,9-10,12,19H,5H2,1-2H3,(H,16,17,20)/t7-,9-,10-,12+/m1/s1. The van der Waals surface area contributed by atoms with Crippen molar-refractivity contribution in [2.24, 2.45) is 0 Å². The molecular formula is C14H16ClN3O5. The molecule has 2 aromatic heterocycles. The molecule has 2 aromatic rings. The number of ether oxygens (including phenoxy) is 3. The summed E-state index contributed by atoms with van der Waals surface area (Å²) < 4.78 is 19.2. The monoisotopic (exact) mass is 341 g/mol. The van der Waals surface area contributed by atoms with Crippen molar-refractivity contribution in [2.75, 3.05) is 6.61 Å². The summed E-state index contributed by atoms with van der Waals surface area (Å²) in [5.41, 5.74) is 0.436. The summed E-state index contributed by atoms with van der Waals surface area (Å²) >= 11 is 5.78. The highest BCUT2D eigenvalue weighted by Gasteiger charge is 2.55. The van der Waals surface area contributed by atoms with Gasteiger partial charge >= 0.3 is 0 Å². The van der Waals surface area contributed by atoms with Crippen molar-refractivity contribution in [3.63, 3.8) is 0 Å². The predicted molar refractivity (Wildman–Crippen MR) is 80.2 cm³/mol. The summed E-state index contributed by atoms with van der Waals surface area (Å²) in [6.45, 7) is 3.41. The zero-order valence-corrected chi connectivity index (χ0v) is 13.3. The Hall–Kier alpha value is -1.45. The SMILES string of the molecule is CC1(C)O[C@@H]2[C@H](O1)[C@@H](CO)O[C@@H]2n1ccc2nc(Cl)[nH]c(=O)c21. The fourth-order valence-electron chi connectivity index (χ4n) is 3.29. The zero-order chi connectivity index (χ0) is 16.4. The van der Waals surface area contributed by atoms with Crippen molar-refractivity contribution in [3.05, 3.63) is 27.9 Å². The van der Waals surface area contributed by atoms with Crippen LogP contribution >= 0.6 is 11.6 Å². The molecule has 0 aromatic carbocycles. The average Bonchev–Trinajstić information content (AvgIpc) is 3.09. The maximum absolute atomic E-state index is 12.2. The number of halogens is 1. The van der Waals surface area contributed by atoms with Crippen LogP contribution in [0.25, 0.3) is 11.0 Å². The fraction of sp³-hybridized carbons (Fsp3) is 0.571. The van der Waals surface area contributed by atoms with Crippen LogP contribution in [0.5, 0.6) is 0 Å². The van der Waals surface area contributed by atoms with E-state index in [1.54, 1.807) is 30.7 Å². The molecule has 2 aliphatic heterocycles. The Morgan fingerprint density at radius 3 is 2.91 bits per heavy atom. The molecule has 4 heterocycles. The summed E-state index contributed by atoms with van der Waals surface area (Å²) in [7, 11) is 0. The zero-order valence-electron chi connectivity index (χ0n) is 12.5. The van der Waals surface area contributed by atoms with Gasteiger partial charge in [0.05, 0.1) is 12.1 Å². The van der Waals surface area contributed by atoms with Gasteiger partial charge in [-0.3, -0.25) is 9.78 Å². The first-order valence-electron chi connectivity index (χ1n) is 7.28. The molecule has 2 saturated heterocycles. The van der Waals surface area contributed by atoms with E-state index in [1.807, 2.05) is 0 Å². The van der Waals surface area contributed by atoms with Crippen molar-refractivity contribution >= 4 is 22.6 Å². The van der Waals surface area contributed by atoms with Crippen molar-refractivity contribution in [3.8, 4) is 0 Å². The molecule has 9 heteroatoms. The van der Waals surface area contributed by atoms with Crippen LogP contribution in [-0.4, -0.2) is 50.3 Å². The highest BCUT2D eigenvalue weighted by atomic mass is 35.5. The molecule has 4 rings (SSSR count). The molecule has 0 unspecified atom stereocenters. The lowest BCUT2D eigenvalue weighted by Gasteiger charge is -2.24. The van der Waals surface area contributed by atoms with E-state index in [2.05, 4.69) is 9.97 Å². The van der Waals surface area contributed by atoms with E-state index in [4.69, 9.17) is 25.8 Å². The Labute approximate surface area is 135 Å². The summed E-state index contributed by atoms with van der Waals surface area (Å²) in [6, 6.07) is 1.68. The lowest BCUT2D eigenvalue weighted by Crippen LogP contribution is -2.31. The van der Waals surface area contributed by atoms with Crippen LogP contribution in [0.4, 0.5) is 0 Å². The first-order chi connectivity index (χ1) is 10.9. The third-order valence-electron chi connectivity index (χ3n) is 4.12. The van der Waals surface area contributed by atoms with Crippen LogP contribution in [0.3, 0.4) is 0 Å². The number of hydrogen-bond acceptors (Lipinski definition) is 6. The maximum Gasteiger partial charge on any atom is 0.276 e. The van der Waals surface area contributed by atoms with E-state index in [9.17, 15) is 9.90 Å². The van der Waals surface area contributed by atoms with Gasteiger partial charge in [-0.15, -0.1) is 0 Å². The molecule has 0 saturated carbocycles. The number of H-pyrrole nitrogens is 1. The van der Waals surface area contributed by atoms with Gasteiger partial charge in [-0.25, -0.2) is 4.98 Å². The third-order valence-corrected chi connectivity index (χ3v) is 4.30. The molecule has 2 fully saturated rings. The number of hydrogen-bond donors (Lipinski definition) is 2. The molecule has 0 bridgehead atoms. The maximum atomic E-state index is 12.2. The number of rotatable bonds is 2. The Kier molecular flexibility index (Phi) is 3.30. The molecule has 23 heavy (non-hydrogen) atoms. The minimum absolute atomic E-state index is 0.0280. The van der Waals surface area contributed by atoms with Crippen molar-refractivity contribution < 1.29 is 19.3 Å². The Bertz CT molecular complexity index is 816. The molecular weight excluding hydrogens is 326 g/mol. The number of nitrogens with one attached hydrogen (secondary N) is 1. The van der Waals surface area contributed by atoms with Gasteiger partial charge in [0.2, 0.25) is 5.28 Å². The normalized spacial score (nSPS) is 32.5. The number of aromatic nitrogens is 3. The van der Waals surface area contributed by atoms with E-state index < -0.39 is 30.3 Å². The lowest BCUT2D eigenvalue weighted by molar-refractivity contribution is -0.199. The molecule has 2 aliphatic rings. The summed E-state index contributed by atoms with van der Waals surface area (Å²) in [5.74, 6) is -0.776. The molecule has 0 aliphatic carbocycles. The molecule has 8 nitrogen and oxygen atoms in total. The van der Waals surface area contributed by atoms with Crippen molar-refractivity contribution in [2.45, 2.75) is 44.2 Å². The van der Waals surface area contributed by atoms with E-state index in [0.29, 0.717) is 11.0 Å². The van der Waals surface area contributed by atoms with Gasteiger partial charge in [0.15, 0.2) is 12.0 Å². The van der Waals surface area contributed by atoms with Gasteiger partial charge < -0.3 is 23.9 Å². The van der Waals surface area contributed by atoms with Crippen molar-refractivity contribution in [1.29, 1.82) is 0 Å². The Morgan fingerprint density at radius 1 is 1.43 bits per heavy atom. The lowest BCUT2D eigenvalue weighted by atomic mass is 10.1. The van der Waals surface area contributed by atoms with E-state index in [1.165, 1.54) is 0 Å². The van der Waals surface area contributed by atoms with Crippen LogP contribution in [0.15, 0.2) is 17.1 Å². The van der Waals surface area contributed by atoms with E-state index in [0.717, 1.165) is 0 Å². The van der Waals surface area contributed by atoms with Crippen LogP contribution < -0.4 is 5.56 Å². The number of aliphatic hydroxyl groups is 1. The molecule has 124 valence electrons. The number of fused-ring (bicyclic) bond motifs is 2. The van der Waals surface area contributed by atoms with Crippen molar-refractivity contribution in [1.82, 2.24) is 14.5 Å². The Morgan fingerprint density at radius 2 is 2.17 bits per heavy atom. The van der Waals surface area contributed by atoms with Crippen LogP contribution in [0, 0.1) is 0 Å². The summed E-state index contributed by atoms with van der Waals surface area (Å²) in [6.07, 6.45) is -0.270. The number of nitrogens with zero attached hydrogens (tertiary/aromatic N) is 2. The highest BCUT2D eigenvalue weighted by molar-refractivity contribution is 6.28. The van der Waals surface area contributed by atoms with E-state index in [-0.39, 0.29) is 17.4 Å². The van der Waals surface area contributed by atoms with Gasteiger partial charge in [-0.1, -0.05) is 0 Å². The largest absolute Gasteiger partial charge is 0.394 e. The molecule has 0 spiro atoms. The first kappa shape index (κ1) is 15.1. The van der Waals surface area contributed by atoms with Gasteiger partial charge in [0.1, 0.15) is 23.8 Å². The summed E-state index contributed by atoms with van der Waals surface area (Å²) in [5, 5.41) is 9.56. The van der Waals surface area contributed by atoms with E-state index >= 15 is 0 Å². The molecule has 2 N–H and O–H groups in total. The average molecular weight is 342 g/mol. The second-order valence-electron chi connectivity index (χ2n) is 6.13. The summed E-state index contributed by atoms with van der Waals surface area (Å²) in [4.78, 5) is 18.8. The van der Waals surface area contributed by atoms with Gasteiger partial charge in [0, 0.05) is 6.20 Å². The second kappa shape index (κ2) is 5.02. The van der Waals surface area contributed by atoms with Gasteiger partial charge in [-0.05, 0) is 31.5 Å². The highest BCUT2D eigenvalue weighted by Crippen LogP contribution is 2.43. The topological polar surface area (TPSA) is 98.6 Å². The van der Waals surface area contributed by atoms with Gasteiger partial charge in [0.25, 0.3) is 5.56 Å². The Balaban J connectivity index is 1.80. The van der Waals surface area contributed by atoms with Crippen LogP contribution in [0.1, 0.15) is 20.1 Å². The quantitative estimate of drug-likeness (QED) is 0.784. The molecule has 0 radical (unpaired) electrons. The third kappa shape index (κ3) is 2.29. The fourth-order valence-corrected chi connectivity index (χ4v) is 3.47. The van der Waals surface area contributed by atoms with Crippen LogP contribution in [0.2, 0.25) is 5.28 Å². The molecule has 4 atom stereocenters. The number of aromatic amines is 1. The smallest absolute Gasteiger partial charge is 0.276 e. The first-order valence-corrected chi connectivity index (χ1v) is 7.66. The predicted octanol–water partition coefficient (Wildman–Crippen LogP) is 0.788. The van der Waals surface area contributed by atoms with Gasteiger partial charge in [-0.2, -0.15) is 0 Å².